The number of nitrogens with one attached hydrogen (secondary N) is 1. The van der Waals surface area contributed by atoms with Crippen molar-refractivity contribution in [3.63, 3.8) is 0 Å². The Kier molecular flexibility index (Phi) is 5.66. The van der Waals surface area contributed by atoms with Gasteiger partial charge in [0, 0.05) is 5.69 Å². The Morgan fingerprint density at radius 3 is 2.46 bits per heavy atom. The van der Waals surface area contributed by atoms with E-state index in [9.17, 15) is 9.59 Å². The number of hydrogen-bond acceptors (Lipinski definition) is 5. The average molecular weight is 367 g/mol. The second kappa shape index (κ2) is 8.31. The van der Waals surface area contributed by atoms with Crippen molar-refractivity contribution in [3.05, 3.63) is 76.5 Å². The Bertz CT molecular complexity index is 888. The van der Waals surface area contributed by atoms with Crippen molar-refractivity contribution in [2.24, 2.45) is 0 Å². The first-order valence-electron chi connectivity index (χ1n) is 7.96. The van der Waals surface area contributed by atoms with Gasteiger partial charge in [0.1, 0.15) is 11.5 Å². The molecule has 3 rings (SSSR count). The third-order valence-corrected chi connectivity index (χ3v) is 4.40. The number of esters is 1. The second-order valence-electron chi connectivity index (χ2n) is 5.48. The molecule has 1 heterocycles. The molecule has 0 unspecified atom stereocenters. The molecular weight excluding hydrogens is 350 g/mol. The highest BCUT2D eigenvalue weighted by Gasteiger charge is 2.09. The van der Waals surface area contributed by atoms with Gasteiger partial charge in [0.05, 0.1) is 4.88 Å². The zero-order valence-corrected chi connectivity index (χ0v) is 14.9. The highest BCUT2D eigenvalue weighted by Crippen LogP contribution is 2.19. The van der Waals surface area contributed by atoms with Gasteiger partial charge in [0.15, 0.2) is 6.61 Å². The normalized spacial score (nSPS) is 10.2. The maximum absolute atomic E-state index is 12.0. The molecule has 1 aromatic heterocycles. The fourth-order valence-corrected chi connectivity index (χ4v) is 2.84. The Morgan fingerprint density at radius 1 is 1.00 bits per heavy atom. The van der Waals surface area contributed by atoms with E-state index in [0.717, 1.165) is 5.56 Å². The summed E-state index contributed by atoms with van der Waals surface area (Å²) >= 11 is 1.37. The molecule has 0 saturated carbocycles. The van der Waals surface area contributed by atoms with Crippen LogP contribution < -0.4 is 14.8 Å². The summed E-state index contributed by atoms with van der Waals surface area (Å²) in [7, 11) is 0. The van der Waals surface area contributed by atoms with Gasteiger partial charge in [-0.1, -0.05) is 24.3 Å². The number of hydrogen-bond donors (Lipinski definition) is 1. The molecule has 26 heavy (non-hydrogen) atoms. The van der Waals surface area contributed by atoms with E-state index < -0.39 is 5.97 Å². The maximum Gasteiger partial charge on any atom is 0.349 e. The third-order valence-electron chi connectivity index (χ3n) is 3.53. The van der Waals surface area contributed by atoms with E-state index in [1.807, 2.05) is 36.6 Å². The van der Waals surface area contributed by atoms with E-state index in [2.05, 4.69) is 5.32 Å². The lowest BCUT2D eigenvalue weighted by molar-refractivity contribution is -0.136. The van der Waals surface area contributed by atoms with Crippen LogP contribution in [0.25, 0.3) is 0 Å². The lowest BCUT2D eigenvalue weighted by Gasteiger charge is -2.09. The van der Waals surface area contributed by atoms with Gasteiger partial charge in [-0.15, -0.1) is 11.3 Å². The predicted molar refractivity (Wildman–Crippen MR) is 101 cm³/mol. The number of para-hydroxylation sites is 1. The van der Waals surface area contributed by atoms with E-state index in [4.69, 9.17) is 9.47 Å². The van der Waals surface area contributed by atoms with Crippen LogP contribution in [-0.4, -0.2) is 18.5 Å². The number of thiophene rings is 1. The van der Waals surface area contributed by atoms with Crippen molar-refractivity contribution in [1.82, 2.24) is 0 Å². The number of aryl methyl sites for hydroxylation is 1. The van der Waals surface area contributed by atoms with Crippen molar-refractivity contribution in [2.45, 2.75) is 6.92 Å². The lowest BCUT2D eigenvalue weighted by Crippen LogP contribution is -2.18. The molecule has 132 valence electrons. The predicted octanol–water partition coefficient (Wildman–Crippen LogP) is 4.29. The molecule has 0 bridgehead atoms. The standard InChI is InChI=1S/C20H17NO4S/c1-14-5-2-3-6-17(14)24-13-19(22)25-16-10-8-15(9-11-16)21-20(23)18-7-4-12-26-18/h2-12H,13H2,1H3,(H,21,23). The summed E-state index contributed by atoms with van der Waals surface area (Å²) in [5.41, 5.74) is 1.57. The molecule has 0 saturated heterocycles. The maximum atomic E-state index is 12.0. The average Bonchev–Trinajstić information content (AvgIpc) is 3.17. The highest BCUT2D eigenvalue weighted by atomic mass is 32.1. The molecule has 0 fully saturated rings. The molecule has 0 atom stereocenters. The minimum Gasteiger partial charge on any atom is -0.482 e. The first-order chi connectivity index (χ1) is 12.6. The molecule has 5 nitrogen and oxygen atoms in total. The molecule has 0 aliphatic carbocycles. The van der Waals surface area contributed by atoms with Crippen molar-refractivity contribution in [2.75, 3.05) is 11.9 Å². The van der Waals surface area contributed by atoms with Gasteiger partial charge in [-0.3, -0.25) is 4.79 Å². The quantitative estimate of drug-likeness (QED) is 0.521. The van der Waals surface area contributed by atoms with Gasteiger partial charge in [-0.2, -0.15) is 0 Å². The van der Waals surface area contributed by atoms with Crippen LogP contribution in [0.15, 0.2) is 66.0 Å². The topological polar surface area (TPSA) is 64.6 Å². The van der Waals surface area contributed by atoms with Crippen molar-refractivity contribution < 1.29 is 19.1 Å². The minimum absolute atomic E-state index is 0.170. The third kappa shape index (κ3) is 4.70. The highest BCUT2D eigenvalue weighted by molar-refractivity contribution is 7.12. The van der Waals surface area contributed by atoms with Crippen LogP contribution in [0, 0.1) is 6.92 Å². The minimum atomic E-state index is -0.497. The van der Waals surface area contributed by atoms with Gasteiger partial charge in [-0.05, 0) is 54.3 Å². The van der Waals surface area contributed by atoms with Crippen LogP contribution in [0.3, 0.4) is 0 Å². The summed E-state index contributed by atoms with van der Waals surface area (Å²) in [5.74, 6) is 0.369. The van der Waals surface area contributed by atoms with Crippen LogP contribution in [0.5, 0.6) is 11.5 Å². The van der Waals surface area contributed by atoms with Gasteiger partial charge in [-0.25, -0.2) is 4.79 Å². The van der Waals surface area contributed by atoms with E-state index in [0.29, 0.717) is 22.1 Å². The van der Waals surface area contributed by atoms with Gasteiger partial charge in [0.25, 0.3) is 5.91 Å². The van der Waals surface area contributed by atoms with Crippen LogP contribution >= 0.6 is 11.3 Å². The summed E-state index contributed by atoms with van der Waals surface area (Å²) in [6.45, 7) is 1.73. The Balaban J connectivity index is 1.51. The Labute approximate surface area is 155 Å². The zero-order valence-electron chi connectivity index (χ0n) is 14.1. The summed E-state index contributed by atoms with van der Waals surface area (Å²) < 4.78 is 10.7. The molecule has 2 aromatic carbocycles. The molecule has 0 aliphatic heterocycles. The first kappa shape index (κ1) is 17.7. The number of anilines is 1. The van der Waals surface area contributed by atoms with Crippen LogP contribution in [-0.2, 0) is 4.79 Å². The van der Waals surface area contributed by atoms with Gasteiger partial charge in [0.2, 0.25) is 0 Å². The molecule has 0 spiro atoms. The monoisotopic (exact) mass is 367 g/mol. The summed E-state index contributed by atoms with van der Waals surface area (Å²) in [6.07, 6.45) is 0. The number of rotatable bonds is 6. The van der Waals surface area contributed by atoms with E-state index in [1.165, 1.54) is 11.3 Å². The van der Waals surface area contributed by atoms with Crippen LogP contribution in [0.4, 0.5) is 5.69 Å². The van der Waals surface area contributed by atoms with Crippen molar-refractivity contribution >= 4 is 28.9 Å². The summed E-state index contributed by atoms with van der Waals surface area (Å²) in [5, 5.41) is 4.63. The van der Waals surface area contributed by atoms with Crippen molar-refractivity contribution in [3.8, 4) is 11.5 Å². The van der Waals surface area contributed by atoms with Gasteiger partial charge < -0.3 is 14.8 Å². The molecule has 0 radical (unpaired) electrons. The summed E-state index contributed by atoms with van der Waals surface area (Å²) in [6, 6.07) is 17.6. The number of carbonyl (C=O) groups excluding carboxylic acids is 2. The number of carbonyl (C=O) groups is 2. The Hall–Kier alpha value is -3.12. The smallest absolute Gasteiger partial charge is 0.349 e. The van der Waals surface area contributed by atoms with E-state index in [1.54, 1.807) is 36.4 Å². The van der Waals surface area contributed by atoms with Crippen molar-refractivity contribution in [1.29, 1.82) is 0 Å². The largest absolute Gasteiger partial charge is 0.482 e. The Morgan fingerprint density at radius 2 is 1.77 bits per heavy atom. The van der Waals surface area contributed by atoms with E-state index in [-0.39, 0.29) is 12.5 Å². The number of ether oxygens (including phenoxy) is 2. The number of benzene rings is 2. The fraction of sp³-hybridized carbons (Fsp3) is 0.100. The SMILES string of the molecule is Cc1ccccc1OCC(=O)Oc1ccc(NC(=O)c2cccs2)cc1. The second-order valence-corrected chi connectivity index (χ2v) is 6.43. The molecule has 1 amide bonds. The molecule has 0 aliphatic rings. The van der Waals surface area contributed by atoms with Crippen LogP contribution in [0.1, 0.15) is 15.2 Å². The van der Waals surface area contributed by atoms with Gasteiger partial charge >= 0.3 is 5.97 Å². The fourth-order valence-electron chi connectivity index (χ4n) is 2.22. The number of amides is 1. The lowest BCUT2D eigenvalue weighted by atomic mass is 10.2. The first-order valence-corrected chi connectivity index (χ1v) is 8.84. The molecule has 3 aromatic rings. The molecular formula is C20H17NO4S. The van der Waals surface area contributed by atoms with E-state index >= 15 is 0 Å². The molecule has 6 heteroatoms. The van der Waals surface area contributed by atoms with Crippen LogP contribution in [0.2, 0.25) is 0 Å². The summed E-state index contributed by atoms with van der Waals surface area (Å²) in [4.78, 5) is 24.5. The molecule has 1 N–H and O–H groups in total. The zero-order chi connectivity index (χ0) is 18.4.